The molecule has 4 rings (SSSR count). The smallest absolute Gasteiger partial charge is 0.257 e. The molecule has 3 amide bonds. The molecule has 2 aromatic carbocycles. The average molecular weight is 559 g/mol. The number of anilines is 3. The van der Waals surface area contributed by atoms with E-state index in [4.69, 9.17) is 34.8 Å². The van der Waals surface area contributed by atoms with Gasteiger partial charge in [0.15, 0.2) is 5.82 Å². The number of amides is 3. The van der Waals surface area contributed by atoms with Crippen molar-refractivity contribution in [2.45, 2.75) is 31.0 Å². The van der Waals surface area contributed by atoms with Crippen LogP contribution in [0.3, 0.4) is 0 Å². The van der Waals surface area contributed by atoms with Gasteiger partial charge < -0.3 is 16.0 Å². The summed E-state index contributed by atoms with van der Waals surface area (Å²) < 4.78 is 28.3. The molecule has 2 unspecified atom stereocenters. The molecule has 0 aliphatic heterocycles. The number of alkyl halides is 2. The van der Waals surface area contributed by atoms with Crippen LogP contribution in [0.2, 0.25) is 5.02 Å². The van der Waals surface area contributed by atoms with Gasteiger partial charge in [0.1, 0.15) is 21.6 Å². The Hall–Kier alpha value is -2.75. The number of halogens is 5. The lowest BCUT2D eigenvalue weighted by molar-refractivity contribution is -0.149. The molecule has 0 heterocycles. The van der Waals surface area contributed by atoms with E-state index in [1.54, 1.807) is 13.8 Å². The van der Waals surface area contributed by atoms with Crippen LogP contribution in [0, 0.1) is 28.9 Å². The van der Waals surface area contributed by atoms with Crippen LogP contribution in [0.4, 0.5) is 25.8 Å². The maximum absolute atomic E-state index is 15.1. The molecule has 0 radical (unpaired) electrons. The van der Waals surface area contributed by atoms with Crippen molar-refractivity contribution < 1.29 is 28.0 Å². The maximum atomic E-state index is 15.1. The number of benzene rings is 2. The van der Waals surface area contributed by atoms with Crippen LogP contribution in [0.5, 0.6) is 0 Å². The molecule has 0 spiro atoms. The summed E-state index contributed by atoms with van der Waals surface area (Å²) in [6.45, 7) is 3.16. The summed E-state index contributed by atoms with van der Waals surface area (Å²) in [5, 5.41) is 7.07. The summed E-state index contributed by atoms with van der Waals surface area (Å²) in [5.74, 6) is -5.72. The molecule has 190 valence electrons. The van der Waals surface area contributed by atoms with Gasteiger partial charge in [0.25, 0.3) is 5.91 Å². The zero-order chi connectivity index (χ0) is 26.6. The first-order chi connectivity index (χ1) is 16.7. The van der Waals surface area contributed by atoms with E-state index < -0.39 is 62.3 Å². The van der Waals surface area contributed by atoms with Crippen molar-refractivity contribution in [1.29, 1.82) is 0 Å². The molecular weight excluding hydrogens is 539 g/mol. The van der Waals surface area contributed by atoms with Crippen molar-refractivity contribution >= 4 is 75.4 Å². The molecule has 0 bridgehead atoms. The summed E-state index contributed by atoms with van der Waals surface area (Å²) in [6.07, 6.45) is 0.265. The van der Waals surface area contributed by atoms with Crippen molar-refractivity contribution in [3.8, 4) is 0 Å². The van der Waals surface area contributed by atoms with E-state index in [0.29, 0.717) is 6.42 Å². The minimum absolute atomic E-state index is 0.00822. The van der Waals surface area contributed by atoms with Gasteiger partial charge in [-0.2, -0.15) is 0 Å². The normalized spacial score (nSPS) is 21.2. The Morgan fingerprint density at radius 1 is 0.972 bits per heavy atom. The summed E-state index contributed by atoms with van der Waals surface area (Å²) in [5.41, 5.74) is -1.98. The van der Waals surface area contributed by atoms with Crippen LogP contribution in [-0.4, -0.2) is 27.8 Å². The number of nitrogens with one attached hydrogen (secondary N) is 3. The van der Waals surface area contributed by atoms with Crippen molar-refractivity contribution in [1.82, 2.24) is 0 Å². The number of rotatable bonds is 6. The summed E-state index contributed by atoms with van der Waals surface area (Å²) in [6, 6.07) is 5.97. The van der Waals surface area contributed by atoms with Crippen LogP contribution in [-0.2, 0) is 14.4 Å². The van der Waals surface area contributed by atoms with Crippen LogP contribution >= 0.6 is 34.8 Å². The van der Waals surface area contributed by atoms with Crippen molar-refractivity contribution in [3.63, 3.8) is 0 Å². The summed E-state index contributed by atoms with van der Waals surface area (Å²) >= 11 is 17.9. The Kier molecular flexibility index (Phi) is 6.79. The molecule has 0 aromatic heterocycles. The molecular formula is C24H20Cl3F2N3O4. The zero-order valence-electron chi connectivity index (χ0n) is 19.0. The first-order valence-corrected chi connectivity index (χ1v) is 12.0. The topological polar surface area (TPSA) is 104 Å². The van der Waals surface area contributed by atoms with E-state index in [1.807, 2.05) is 0 Å². The van der Waals surface area contributed by atoms with Crippen molar-refractivity contribution in [2.24, 2.45) is 17.3 Å². The van der Waals surface area contributed by atoms with Crippen LogP contribution in [0.25, 0.3) is 0 Å². The molecule has 2 aliphatic carbocycles. The van der Waals surface area contributed by atoms with E-state index in [9.17, 15) is 23.6 Å². The van der Waals surface area contributed by atoms with Gasteiger partial charge in [-0.15, -0.1) is 23.2 Å². The Morgan fingerprint density at radius 3 is 2.19 bits per heavy atom. The molecule has 7 nitrogen and oxygen atoms in total. The van der Waals surface area contributed by atoms with E-state index in [1.165, 1.54) is 18.2 Å². The Balaban J connectivity index is 1.50. The predicted molar refractivity (Wildman–Crippen MR) is 132 cm³/mol. The fourth-order valence-corrected chi connectivity index (χ4v) is 4.57. The van der Waals surface area contributed by atoms with E-state index in [0.717, 1.165) is 12.1 Å². The fraction of sp³-hybridized carbons (Fsp3) is 0.333. The Bertz CT molecular complexity index is 1320. The lowest BCUT2D eigenvalue weighted by Crippen LogP contribution is -2.51. The van der Waals surface area contributed by atoms with Gasteiger partial charge in [0, 0.05) is 17.5 Å². The van der Waals surface area contributed by atoms with Gasteiger partial charge in [0.2, 0.25) is 11.8 Å². The third-order valence-corrected chi connectivity index (χ3v) is 7.67. The van der Waals surface area contributed by atoms with Gasteiger partial charge >= 0.3 is 0 Å². The second-order valence-electron chi connectivity index (χ2n) is 9.33. The van der Waals surface area contributed by atoms with Gasteiger partial charge in [-0.3, -0.25) is 19.2 Å². The molecule has 2 aromatic rings. The van der Waals surface area contributed by atoms with Gasteiger partial charge in [-0.25, -0.2) is 8.78 Å². The fourth-order valence-electron chi connectivity index (χ4n) is 3.85. The SMILES string of the molecule is CC1(C)C(=O)CC1C(=O)Nc1c(F)ccc(NC(=O)c2cc(NC(=O)C3CC3(Cl)Cl)ccc2Cl)c1F. The summed E-state index contributed by atoms with van der Waals surface area (Å²) in [4.78, 5) is 49.3. The Labute approximate surface area is 219 Å². The third-order valence-electron chi connectivity index (χ3n) is 6.50. The minimum atomic E-state index is -1.21. The van der Waals surface area contributed by atoms with Crippen LogP contribution in [0.15, 0.2) is 30.3 Å². The zero-order valence-corrected chi connectivity index (χ0v) is 21.2. The minimum Gasteiger partial charge on any atom is -0.326 e. The standard InChI is InChI=1S/C24H20Cl3F2N3O4/c1-23(2)12(8-17(23)33)21(35)32-19-15(28)5-6-16(18(19)29)31-20(34)11-7-10(3-4-14(11)25)30-22(36)13-9-24(13,26)27/h3-7,12-13H,8-9H2,1-2H3,(H,30,36)(H,31,34)(H,32,35). The van der Waals surface area contributed by atoms with Gasteiger partial charge in [-0.05, 0) is 36.8 Å². The second kappa shape index (κ2) is 9.28. The van der Waals surface area contributed by atoms with E-state index in [2.05, 4.69) is 16.0 Å². The molecule has 3 N–H and O–H groups in total. The highest BCUT2D eigenvalue weighted by Crippen LogP contribution is 2.53. The van der Waals surface area contributed by atoms with Gasteiger partial charge in [0.05, 0.1) is 28.1 Å². The number of hydrogen-bond donors (Lipinski definition) is 3. The first kappa shape index (κ1) is 26.3. The maximum Gasteiger partial charge on any atom is 0.257 e. The number of Topliss-reactive ketones (excluding diaryl/α,β-unsaturated/α-hetero) is 1. The lowest BCUT2D eigenvalue weighted by atomic mass is 9.61. The van der Waals surface area contributed by atoms with Crippen molar-refractivity contribution in [3.05, 3.63) is 52.6 Å². The number of hydrogen-bond acceptors (Lipinski definition) is 4. The molecule has 2 aliphatic rings. The predicted octanol–water partition coefficient (Wildman–Crippen LogP) is 5.56. The van der Waals surface area contributed by atoms with Crippen LogP contribution in [0.1, 0.15) is 37.0 Å². The average Bonchev–Trinajstić information content (AvgIpc) is 3.46. The highest BCUT2D eigenvalue weighted by molar-refractivity contribution is 6.52. The molecule has 36 heavy (non-hydrogen) atoms. The molecule has 2 fully saturated rings. The second-order valence-corrected chi connectivity index (χ2v) is 11.3. The molecule has 12 heteroatoms. The first-order valence-electron chi connectivity index (χ1n) is 10.8. The van der Waals surface area contributed by atoms with Crippen molar-refractivity contribution in [2.75, 3.05) is 16.0 Å². The number of ketones is 1. The molecule has 0 saturated heterocycles. The summed E-state index contributed by atoms with van der Waals surface area (Å²) in [7, 11) is 0. The van der Waals surface area contributed by atoms with E-state index >= 15 is 4.39 Å². The number of carbonyl (C=O) groups is 4. The Morgan fingerprint density at radius 2 is 1.61 bits per heavy atom. The highest BCUT2D eigenvalue weighted by atomic mass is 35.5. The van der Waals surface area contributed by atoms with E-state index in [-0.39, 0.29) is 28.5 Å². The number of carbonyl (C=O) groups excluding carboxylic acids is 4. The van der Waals surface area contributed by atoms with Gasteiger partial charge in [-0.1, -0.05) is 25.4 Å². The molecule has 2 atom stereocenters. The monoisotopic (exact) mass is 557 g/mol. The lowest BCUT2D eigenvalue weighted by Gasteiger charge is -2.41. The highest BCUT2D eigenvalue weighted by Gasteiger charge is 2.56. The quantitative estimate of drug-likeness (QED) is 0.404. The van der Waals surface area contributed by atoms with Crippen LogP contribution < -0.4 is 16.0 Å². The third kappa shape index (κ3) is 4.92. The largest absolute Gasteiger partial charge is 0.326 e. The molecule has 2 saturated carbocycles.